The third-order valence-corrected chi connectivity index (χ3v) is 3.11. The van der Waals surface area contributed by atoms with Crippen LogP contribution in [0.1, 0.15) is 50.3 Å². The number of benzene rings is 1. The maximum atomic E-state index is 11.2. The Morgan fingerprint density at radius 3 is 2.28 bits per heavy atom. The topological polar surface area (TPSA) is 46.5 Å². The highest BCUT2D eigenvalue weighted by Crippen LogP contribution is 2.38. The first-order valence-electron chi connectivity index (χ1n) is 6.10. The minimum absolute atomic E-state index is 0.0790. The third-order valence-electron chi connectivity index (χ3n) is 3.11. The number of aliphatic carboxylic acids is 1. The molecule has 18 heavy (non-hydrogen) atoms. The van der Waals surface area contributed by atoms with Gasteiger partial charge in [0.1, 0.15) is 5.75 Å². The summed E-state index contributed by atoms with van der Waals surface area (Å²) in [6.45, 7) is 9.96. The van der Waals surface area contributed by atoms with Crippen molar-refractivity contribution in [2.24, 2.45) is 0 Å². The summed E-state index contributed by atoms with van der Waals surface area (Å²) in [7, 11) is 1.60. The van der Waals surface area contributed by atoms with Crippen molar-refractivity contribution in [3.63, 3.8) is 0 Å². The van der Waals surface area contributed by atoms with Crippen LogP contribution in [0.5, 0.6) is 5.75 Å². The Kier molecular flexibility index (Phi) is 4.05. The van der Waals surface area contributed by atoms with Gasteiger partial charge in [0, 0.05) is 11.1 Å². The van der Waals surface area contributed by atoms with Crippen LogP contribution < -0.4 is 4.74 Å². The zero-order chi connectivity index (χ0) is 14.1. The van der Waals surface area contributed by atoms with Crippen LogP contribution in [0.3, 0.4) is 0 Å². The van der Waals surface area contributed by atoms with Gasteiger partial charge in [-0.3, -0.25) is 4.79 Å². The van der Waals surface area contributed by atoms with Gasteiger partial charge in [-0.15, -0.1) is 0 Å². The van der Waals surface area contributed by atoms with Crippen LogP contribution in [0.15, 0.2) is 12.1 Å². The van der Waals surface area contributed by atoms with Crippen LogP contribution in [-0.2, 0) is 10.2 Å². The number of rotatable bonds is 3. The molecule has 0 radical (unpaired) electrons. The molecule has 0 aliphatic heterocycles. The lowest BCUT2D eigenvalue weighted by Gasteiger charge is -2.25. The van der Waals surface area contributed by atoms with E-state index >= 15 is 0 Å². The molecule has 0 aromatic heterocycles. The normalized spacial score (nSPS) is 13.2. The molecule has 1 atom stereocenters. The Morgan fingerprint density at radius 2 is 1.89 bits per heavy atom. The molecule has 3 heteroatoms. The molecule has 1 rings (SSSR count). The lowest BCUT2D eigenvalue weighted by atomic mass is 9.82. The lowest BCUT2D eigenvalue weighted by molar-refractivity contribution is -0.138. The fraction of sp³-hybridized carbons (Fsp3) is 0.533. The first kappa shape index (κ1) is 14.6. The minimum atomic E-state index is -0.834. The molecule has 1 unspecified atom stereocenters. The number of aryl methyl sites for hydroxylation is 1. The molecule has 3 nitrogen and oxygen atoms in total. The van der Waals surface area contributed by atoms with Gasteiger partial charge in [0.05, 0.1) is 13.0 Å². The second-order valence-electron chi connectivity index (χ2n) is 5.74. The molecule has 0 bridgehead atoms. The molecule has 0 aliphatic carbocycles. The fourth-order valence-corrected chi connectivity index (χ4v) is 2.04. The van der Waals surface area contributed by atoms with Gasteiger partial charge in [-0.2, -0.15) is 0 Å². The second kappa shape index (κ2) is 5.01. The number of methoxy groups -OCH3 is 1. The van der Waals surface area contributed by atoms with Crippen LogP contribution in [0.2, 0.25) is 0 Å². The lowest BCUT2D eigenvalue weighted by Crippen LogP contribution is -2.17. The van der Waals surface area contributed by atoms with Crippen molar-refractivity contribution in [1.82, 2.24) is 0 Å². The zero-order valence-corrected chi connectivity index (χ0v) is 12.0. The van der Waals surface area contributed by atoms with E-state index in [1.54, 1.807) is 14.0 Å². The maximum Gasteiger partial charge on any atom is 0.310 e. The second-order valence-corrected chi connectivity index (χ2v) is 5.74. The molecule has 0 heterocycles. The van der Waals surface area contributed by atoms with Crippen LogP contribution >= 0.6 is 0 Å². The molecular formula is C15H22O3. The highest BCUT2D eigenvalue weighted by Gasteiger charge is 2.26. The number of hydrogen-bond donors (Lipinski definition) is 1. The number of carboxylic acids is 1. The standard InChI is InChI=1S/C15H22O3/c1-9-7-11(10(2)14(16)17)13(18-6)12(8-9)15(3,4)5/h7-8,10H,1-6H3,(H,16,17). The van der Waals surface area contributed by atoms with E-state index in [4.69, 9.17) is 4.74 Å². The molecule has 0 amide bonds. The van der Waals surface area contributed by atoms with Crippen molar-refractivity contribution in [3.8, 4) is 5.75 Å². The highest BCUT2D eigenvalue weighted by molar-refractivity contribution is 5.77. The summed E-state index contributed by atoms with van der Waals surface area (Å²) < 4.78 is 5.47. The minimum Gasteiger partial charge on any atom is -0.496 e. The number of carbonyl (C=O) groups is 1. The Morgan fingerprint density at radius 1 is 1.33 bits per heavy atom. The van der Waals surface area contributed by atoms with Crippen molar-refractivity contribution >= 4 is 5.97 Å². The number of carboxylic acid groups (broad SMARTS) is 1. The summed E-state index contributed by atoms with van der Waals surface area (Å²) in [4.78, 5) is 11.2. The number of ether oxygens (including phenoxy) is 1. The summed E-state index contributed by atoms with van der Waals surface area (Å²) in [5.41, 5.74) is 2.77. The summed E-state index contributed by atoms with van der Waals surface area (Å²) in [6.07, 6.45) is 0. The smallest absolute Gasteiger partial charge is 0.310 e. The van der Waals surface area contributed by atoms with E-state index in [0.717, 1.165) is 16.7 Å². The van der Waals surface area contributed by atoms with E-state index in [9.17, 15) is 9.90 Å². The molecule has 100 valence electrons. The molecule has 1 N–H and O–H groups in total. The van der Waals surface area contributed by atoms with Gasteiger partial charge in [0.15, 0.2) is 0 Å². The molecule has 0 saturated carbocycles. The Bertz CT molecular complexity index is 456. The Labute approximate surface area is 109 Å². The van der Waals surface area contributed by atoms with E-state index < -0.39 is 11.9 Å². The average Bonchev–Trinajstić information content (AvgIpc) is 2.25. The Hall–Kier alpha value is -1.51. The predicted molar refractivity (Wildman–Crippen MR) is 72.5 cm³/mol. The van der Waals surface area contributed by atoms with Crippen molar-refractivity contribution in [3.05, 3.63) is 28.8 Å². The largest absolute Gasteiger partial charge is 0.496 e. The van der Waals surface area contributed by atoms with Crippen LogP contribution in [0.25, 0.3) is 0 Å². The third kappa shape index (κ3) is 2.84. The zero-order valence-electron chi connectivity index (χ0n) is 12.0. The van der Waals surface area contributed by atoms with E-state index in [0.29, 0.717) is 5.75 Å². The first-order valence-corrected chi connectivity index (χ1v) is 6.10. The molecule has 0 saturated heterocycles. The molecule has 0 fully saturated rings. The highest BCUT2D eigenvalue weighted by atomic mass is 16.5. The molecular weight excluding hydrogens is 228 g/mol. The van der Waals surface area contributed by atoms with Gasteiger partial charge in [-0.05, 0) is 19.3 Å². The van der Waals surface area contributed by atoms with E-state index in [1.165, 1.54) is 0 Å². The van der Waals surface area contributed by atoms with Crippen molar-refractivity contribution in [2.75, 3.05) is 7.11 Å². The van der Waals surface area contributed by atoms with E-state index in [1.807, 2.05) is 13.0 Å². The summed E-state index contributed by atoms with van der Waals surface area (Å²) in [6, 6.07) is 3.96. The summed E-state index contributed by atoms with van der Waals surface area (Å²) in [5.74, 6) is -0.706. The van der Waals surface area contributed by atoms with Crippen molar-refractivity contribution in [1.29, 1.82) is 0 Å². The maximum absolute atomic E-state index is 11.2. The van der Waals surface area contributed by atoms with Crippen LogP contribution in [0, 0.1) is 6.92 Å². The van der Waals surface area contributed by atoms with Gasteiger partial charge < -0.3 is 9.84 Å². The van der Waals surface area contributed by atoms with Gasteiger partial charge in [-0.25, -0.2) is 0 Å². The number of hydrogen-bond acceptors (Lipinski definition) is 2. The summed E-state index contributed by atoms with van der Waals surface area (Å²) in [5, 5.41) is 9.18. The average molecular weight is 250 g/mol. The molecule has 0 spiro atoms. The Balaban J connectivity index is 3.52. The SMILES string of the molecule is COc1c(C(C)C(=O)O)cc(C)cc1C(C)(C)C. The van der Waals surface area contributed by atoms with E-state index in [-0.39, 0.29) is 5.41 Å². The molecule has 1 aromatic rings. The predicted octanol–water partition coefficient (Wildman–Crippen LogP) is 3.49. The quantitative estimate of drug-likeness (QED) is 0.893. The van der Waals surface area contributed by atoms with Gasteiger partial charge >= 0.3 is 5.97 Å². The van der Waals surface area contributed by atoms with Crippen LogP contribution in [0.4, 0.5) is 0 Å². The van der Waals surface area contributed by atoms with Gasteiger partial charge in [-0.1, -0.05) is 38.5 Å². The monoisotopic (exact) mass is 250 g/mol. The molecule has 1 aromatic carbocycles. The van der Waals surface area contributed by atoms with E-state index in [2.05, 4.69) is 26.8 Å². The molecule has 0 aliphatic rings. The van der Waals surface area contributed by atoms with Crippen molar-refractivity contribution < 1.29 is 14.6 Å². The van der Waals surface area contributed by atoms with Crippen molar-refractivity contribution in [2.45, 2.75) is 46.0 Å². The first-order chi connectivity index (χ1) is 8.18. The fourth-order valence-electron chi connectivity index (χ4n) is 2.04. The summed E-state index contributed by atoms with van der Waals surface area (Å²) >= 11 is 0. The van der Waals surface area contributed by atoms with Gasteiger partial charge in [0.25, 0.3) is 0 Å². The van der Waals surface area contributed by atoms with Crippen LogP contribution in [-0.4, -0.2) is 18.2 Å². The van der Waals surface area contributed by atoms with Gasteiger partial charge in [0.2, 0.25) is 0 Å².